The third-order valence-corrected chi connectivity index (χ3v) is 5.84. The van der Waals surface area contributed by atoms with E-state index in [1.165, 1.54) is 5.56 Å². The molecular formula is C21H29N5O2. The summed E-state index contributed by atoms with van der Waals surface area (Å²) in [5.74, 6) is 2.32. The molecule has 7 nitrogen and oxygen atoms in total. The number of morpholine rings is 1. The largest absolute Gasteiger partial charge is 0.379 e. The second-order valence-corrected chi connectivity index (χ2v) is 7.88. The number of ether oxygens (including phenoxy) is 1. The van der Waals surface area contributed by atoms with E-state index in [0.717, 1.165) is 69.4 Å². The van der Waals surface area contributed by atoms with Gasteiger partial charge < -0.3 is 14.2 Å². The molecule has 0 N–H and O–H groups in total. The van der Waals surface area contributed by atoms with E-state index in [0.29, 0.717) is 6.54 Å². The summed E-state index contributed by atoms with van der Waals surface area (Å²) in [7, 11) is 2.05. The van der Waals surface area contributed by atoms with E-state index in [9.17, 15) is 4.79 Å². The van der Waals surface area contributed by atoms with Crippen molar-refractivity contribution in [3.05, 3.63) is 47.0 Å². The number of amides is 1. The van der Waals surface area contributed by atoms with Crippen molar-refractivity contribution in [3.8, 4) is 0 Å². The SMILES string of the molecule is Cc1ccc(C(=O)N2CCCC(c3nnc(CN4CCOCC4)n3C)C2)cc1. The predicted octanol–water partition coefficient (Wildman–Crippen LogP) is 1.98. The summed E-state index contributed by atoms with van der Waals surface area (Å²) in [6.07, 6.45) is 2.04. The molecule has 2 aliphatic heterocycles. The molecule has 1 aromatic carbocycles. The third-order valence-electron chi connectivity index (χ3n) is 5.84. The van der Waals surface area contributed by atoms with Crippen LogP contribution in [0.15, 0.2) is 24.3 Å². The first-order chi connectivity index (χ1) is 13.6. The molecule has 28 heavy (non-hydrogen) atoms. The van der Waals surface area contributed by atoms with Gasteiger partial charge in [0.15, 0.2) is 0 Å². The van der Waals surface area contributed by atoms with Gasteiger partial charge in [-0.25, -0.2) is 0 Å². The van der Waals surface area contributed by atoms with Gasteiger partial charge in [-0.1, -0.05) is 17.7 Å². The molecule has 0 aliphatic carbocycles. The zero-order valence-corrected chi connectivity index (χ0v) is 16.8. The zero-order chi connectivity index (χ0) is 19.5. The highest BCUT2D eigenvalue weighted by Crippen LogP contribution is 2.27. The third kappa shape index (κ3) is 4.10. The van der Waals surface area contributed by atoms with Crippen molar-refractivity contribution >= 4 is 5.91 Å². The Morgan fingerprint density at radius 2 is 1.89 bits per heavy atom. The van der Waals surface area contributed by atoms with Gasteiger partial charge in [-0.2, -0.15) is 0 Å². The molecule has 0 bridgehead atoms. The Labute approximate surface area is 166 Å². The van der Waals surface area contributed by atoms with Crippen LogP contribution < -0.4 is 0 Å². The molecule has 150 valence electrons. The number of likely N-dealkylation sites (tertiary alicyclic amines) is 1. The number of nitrogens with zero attached hydrogens (tertiary/aromatic N) is 5. The average molecular weight is 383 g/mol. The molecule has 3 heterocycles. The first-order valence-electron chi connectivity index (χ1n) is 10.2. The number of piperidine rings is 1. The topological polar surface area (TPSA) is 63.5 Å². The Balaban J connectivity index is 1.44. The molecule has 2 aromatic rings. The zero-order valence-electron chi connectivity index (χ0n) is 16.8. The molecule has 1 unspecified atom stereocenters. The quantitative estimate of drug-likeness (QED) is 0.808. The lowest BCUT2D eigenvalue weighted by molar-refractivity contribution is 0.0326. The van der Waals surface area contributed by atoms with Crippen molar-refractivity contribution < 1.29 is 9.53 Å². The summed E-state index contributed by atoms with van der Waals surface area (Å²) in [6, 6.07) is 7.83. The van der Waals surface area contributed by atoms with Crippen LogP contribution in [0.5, 0.6) is 0 Å². The van der Waals surface area contributed by atoms with E-state index in [1.54, 1.807) is 0 Å². The summed E-state index contributed by atoms with van der Waals surface area (Å²) >= 11 is 0. The lowest BCUT2D eigenvalue weighted by Crippen LogP contribution is -2.39. The fourth-order valence-electron chi connectivity index (χ4n) is 4.08. The van der Waals surface area contributed by atoms with Gasteiger partial charge in [0.2, 0.25) is 0 Å². The standard InChI is InChI=1S/C21H29N5O2/c1-16-5-7-17(8-6-16)21(27)26-9-3-4-18(14-26)20-23-22-19(24(20)2)15-25-10-12-28-13-11-25/h5-8,18H,3-4,9-15H2,1-2H3. The highest BCUT2D eigenvalue weighted by Gasteiger charge is 2.29. The van der Waals surface area contributed by atoms with Crippen LogP contribution in [0, 0.1) is 6.92 Å². The molecular weight excluding hydrogens is 354 g/mol. The van der Waals surface area contributed by atoms with Crippen molar-refractivity contribution in [3.63, 3.8) is 0 Å². The number of hydrogen-bond donors (Lipinski definition) is 0. The molecule has 0 saturated carbocycles. The van der Waals surface area contributed by atoms with Crippen LogP contribution in [0.25, 0.3) is 0 Å². The van der Waals surface area contributed by atoms with Crippen molar-refractivity contribution in [1.29, 1.82) is 0 Å². The smallest absolute Gasteiger partial charge is 0.253 e. The van der Waals surface area contributed by atoms with Gasteiger partial charge in [-0.15, -0.1) is 10.2 Å². The van der Waals surface area contributed by atoms with Crippen LogP contribution in [0.2, 0.25) is 0 Å². The van der Waals surface area contributed by atoms with Crippen molar-refractivity contribution in [2.45, 2.75) is 32.2 Å². The summed E-state index contributed by atoms with van der Waals surface area (Å²) in [6.45, 7) is 7.78. The molecule has 4 rings (SSSR count). The summed E-state index contributed by atoms with van der Waals surface area (Å²) < 4.78 is 7.55. The van der Waals surface area contributed by atoms with Gasteiger partial charge in [0.1, 0.15) is 11.6 Å². The van der Waals surface area contributed by atoms with Crippen LogP contribution in [-0.2, 0) is 18.3 Å². The number of benzene rings is 1. The maximum absolute atomic E-state index is 12.9. The Morgan fingerprint density at radius 3 is 2.64 bits per heavy atom. The number of hydrogen-bond acceptors (Lipinski definition) is 5. The minimum Gasteiger partial charge on any atom is -0.379 e. The molecule has 1 amide bonds. The van der Waals surface area contributed by atoms with Crippen molar-refractivity contribution in [2.75, 3.05) is 39.4 Å². The lowest BCUT2D eigenvalue weighted by atomic mass is 9.96. The Kier molecular flexibility index (Phi) is 5.73. The lowest BCUT2D eigenvalue weighted by Gasteiger charge is -2.32. The summed E-state index contributed by atoms with van der Waals surface area (Å²) in [5, 5.41) is 8.95. The van der Waals surface area contributed by atoms with E-state index in [4.69, 9.17) is 4.74 Å². The Hall–Kier alpha value is -2.25. The van der Waals surface area contributed by atoms with E-state index in [1.807, 2.05) is 43.1 Å². The van der Waals surface area contributed by atoms with Crippen LogP contribution >= 0.6 is 0 Å². The monoisotopic (exact) mass is 383 g/mol. The molecule has 1 atom stereocenters. The number of carbonyl (C=O) groups is 1. The minimum atomic E-state index is 0.111. The van der Waals surface area contributed by atoms with E-state index in [-0.39, 0.29) is 11.8 Å². The van der Waals surface area contributed by atoms with Crippen LogP contribution in [0.4, 0.5) is 0 Å². The molecule has 0 spiro atoms. The van der Waals surface area contributed by atoms with Crippen LogP contribution in [-0.4, -0.2) is 69.9 Å². The maximum Gasteiger partial charge on any atom is 0.253 e. The number of aromatic nitrogens is 3. The van der Waals surface area contributed by atoms with Gasteiger partial charge in [-0.05, 0) is 31.9 Å². The number of aryl methyl sites for hydroxylation is 1. The maximum atomic E-state index is 12.9. The Morgan fingerprint density at radius 1 is 1.14 bits per heavy atom. The summed E-state index contributed by atoms with van der Waals surface area (Å²) in [4.78, 5) is 17.2. The first-order valence-corrected chi connectivity index (χ1v) is 10.2. The van der Waals surface area contributed by atoms with Crippen molar-refractivity contribution in [2.24, 2.45) is 7.05 Å². The van der Waals surface area contributed by atoms with E-state index >= 15 is 0 Å². The minimum absolute atomic E-state index is 0.111. The number of rotatable bonds is 4. The van der Waals surface area contributed by atoms with Crippen LogP contribution in [0.3, 0.4) is 0 Å². The fraction of sp³-hybridized carbons (Fsp3) is 0.571. The van der Waals surface area contributed by atoms with Gasteiger partial charge in [-0.3, -0.25) is 9.69 Å². The van der Waals surface area contributed by atoms with E-state index < -0.39 is 0 Å². The van der Waals surface area contributed by atoms with Crippen molar-refractivity contribution in [1.82, 2.24) is 24.6 Å². The fourth-order valence-corrected chi connectivity index (χ4v) is 4.08. The molecule has 2 aliphatic rings. The van der Waals surface area contributed by atoms with Gasteiger partial charge in [0.05, 0.1) is 19.8 Å². The summed E-state index contributed by atoms with van der Waals surface area (Å²) in [5.41, 5.74) is 1.93. The van der Waals surface area contributed by atoms with Gasteiger partial charge in [0, 0.05) is 44.7 Å². The van der Waals surface area contributed by atoms with Crippen LogP contribution in [0.1, 0.15) is 46.3 Å². The second kappa shape index (κ2) is 8.41. The predicted molar refractivity (Wildman–Crippen MR) is 106 cm³/mol. The highest BCUT2D eigenvalue weighted by atomic mass is 16.5. The normalized spacial score (nSPS) is 21.1. The van der Waals surface area contributed by atoms with E-state index in [2.05, 4.69) is 19.7 Å². The molecule has 2 fully saturated rings. The first kappa shape index (κ1) is 19.1. The highest BCUT2D eigenvalue weighted by molar-refractivity contribution is 5.94. The number of carbonyl (C=O) groups excluding carboxylic acids is 1. The molecule has 1 aromatic heterocycles. The van der Waals surface area contributed by atoms with Gasteiger partial charge >= 0.3 is 0 Å². The molecule has 7 heteroatoms. The van der Waals surface area contributed by atoms with Gasteiger partial charge in [0.25, 0.3) is 5.91 Å². The molecule has 0 radical (unpaired) electrons. The Bertz CT molecular complexity index is 811. The average Bonchev–Trinajstić information content (AvgIpc) is 3.09. The molecule has 2 saturated heterocycles. The second-order valence-electron chi connectivity index (χ2n) is 7.88.